The van der Waals surface area contributed by atoms with E-state index >= 15 is 0 Å². The lowest BCUT2D eigenvalue weighted by Gasteiger charge is -2.16. The van der Waals surface area contributed by atoms with Gasteiger partial charge in [-0.2, -0.15) is 10.1 Å². The fraction of sp³-hybridized carbons (Fsp3) is 0.211. The Bertz CT molecular complexity index is 815. The monoisotopic (exact) mass is 319 g/mol. The summed E-state index contributed by atoms with van der Waals surface area (Å²) in [7, 11) is 0. The summed E-state index contributed by atoms with van der Waals surface area (Å²) in [6.45, 7) is 6.45. The Morgan fingerprint density at radius 1 is 0.917 bits per heavy atom. The van der Waals surface area contributed by atoms with Gasteiger partial charge in [0.05, 0.1) is 6.20 Å². The number of rotatable bonds is 5. The second-order valence-corrected chi connectivity index (χ2v) is 5.98. The van der Waals surface area contributed by atoms with Crippen molar-refractivity contribution in [3.8, 4) is 0 Å². The van der Waals surface area contributed by atoms with Crippen LogP contribution in [0.2, 0.25) is 0 Å². The lowest BCUT2D eigenvalue weighted by atomic mass is 9.98. The Labute approximate surface area is 142 Å². The van der Waals surface area contributed by atoms with Crippen molar-refractivity contribution < 1.29 is 0 Å². The average Bonchev–Trinajstić information content (AvgIpc) is 2.58. The summed E-state index contributed by atoms with van der Waals surface area (Å²) in [4.78, 5) is 4.51. The smallest absolute Gasteiger partial charge is 0.249 e. The van der Waals surface area contributed by atoms with Crippen molar-refractivity contribution in [1.29, 1.82) is 0 Å². The third-order valence-electron chi connectivity index (χ3n) is 3.77. The molecule has 2 N–H and O–H groups in total. The second kappa shape index (κ2) is 7.08. The Morgan fingerprint density at radius 2 is 1.71 bits per heavy atom. The van der Waals surface area contributed by atoms with E-state index in [0.717, 1.165) is 11.4 Å². The van der Waals surface area contributed by atoms with Crippen molar-refractivity contribution in [2.75, 3.05) is 10.6 Å². The zero-order valence-corrected chi connectivity index (χ0v) is 14.1. The first-order valence-corrected chi connectivity index (χ1v) is 8.02. The fourth-order valence-electron chi connectivity index (χ4n) is 2.54. The lowest BCUT2D eigenvalue weighted by molar-refractivity contribution is 0.866. The van der Waals surface area contributed by atoms with Crippen LogP contribution in [0, 0.1) is 6.92 Å². The van der Waals surface area contributed by atoms with E-state index in [1.807, 2.05) is 30.3 Å². The molecule has 122 valence electrons. The van der Waals surface area contributed by atoms with Gasteiger partial charge in [-0.25, -0.2) is 0 Å². The van der Waals surface area contributed by atoms with E-state index in [9.17, 15) is 0 Å². The zero-order chi connectivity index (χ0) is 16.9. The summed E-state index contributed by atoms with van der Waals surface area (Å²) in [5.74, 6) is 1.55. The molecule has 0 atom stereocenters. The molecule has 0 unspecified atom stereocenters. The number of aryl methyl sites for hydroxylation is 1. The number of para-hydroxylation sites is 2. The predicted octanol–water partition coefficient (Wildman–Crippen LogP) is 4.79. The van der Waals surface area contributed by atoms with Crippen molar-refractivity contribution in [3.05, 3.63) is 65.9 Å². The molecule has 5 heteroatoms. The van der Waals surface area contributed by atoms with Crippen LogP contribution in [0.5, 0.6) is 0 Å². The number of benzene rings is 2. The minimum atomic E-state index is 0.420. The molecule has 0 aliphatic carbocycles. The molecule has 5 nitrogen and oxygen atoms in total. The van der Waals surface area contributed by atoms with E-state index < -0.39 is 0 Å². The highest BCUT2D eigenvalue weighted by Crippen LogP contribution is 2.29. The van der Waals surface area contributed by atoms with Crippen molar-refractivity contribution in [3.63, 3.8) is 0 Å². The molecule has 0 aliphatic rings. The third-order valence-corrected chi connectivity index (χ3v) is 3.77. The molecular formula is C19H21N5. The van der Waals surface area contributed by atoms with Crippen LogP contribution in [0.25, 0.3) is 0 Å². The first-order chi connectivity index (χ1) is 11.6. The van der Waals surface area contributed by atoms with E-state index in [2.05, 4.69) is 64.8 Å². The van der Waals surface area contributed by atoms with Gasteiger partial charge in [0.2, 0.25) is 5.95 Å². The van der Waals surface area contributed by atoms with E-state index in [0.29, 0.717) is 17.7 Å². The highest BCUT2D eigenvalue weighted by atomic mass is 15.3. The van der Waals surface area contributed by atoms with Gasteiger partial charge in [-0.3, -0.25) is 0 Å². The number of hydrogen-bond donors (Lipinski definition) is 2. The van der Waals surface area contributed by atoms with Crippen LogP contribution in [0.4, 0.5) is 23.1 Å². The van der Waals surface area contributed by atoms with Crippen LogP contribution < -0.4 is 10.6 Å². The number of aromatic nitrogens is 3. The first-order valence-electron chi connectivity index (χ1n) is 8.02. The van der Waals surface area contributed by atoms with E-state index in [4.69, 9.17) is 0 Å². The minimum Gasteiger partial charge on any atom is -0.338 e. The molecular weight excluding hydrogens is 298 g/mol. The molecule has 0 amide bonds. The standard InChI is InChI=1S/C19H21N5/c1-13(2)16-11-7-8-14(3)18(16)22-17-12-20-24-19(23-17)21-15-9-5-4-6-10-15/h4-13H,1-3H3,(H2,21,22,23,24). The van der Waals surface area contributed by atoms with Crippen LogP contribution in [0.15, 0.2) is 54.7 Å². The number of anilines is 4. The van der Waals surface area contributed by atoms with Crippen molar-refractivity contribution in [2.24, 2.45) is 0 Å². The van der Waals surface area contributed by atoms with Gasteiger partial charge in [0, 0.05) is 11.4 Å². The molecule has 0 fully saturated rings. The number of nitrogens with zero attached hydrogens (tertiary/aromatic N) is 3. The van der Waals surface area contributed by atoms with Gasteiger partial charge >= 0.3 is 0 Å². The van der Waals surface area contributed by atoms with Crippen LogP contribution >= 0.6 is 0 Å². The Hall–Kier alpha value is -2.95. The van der Waals surface area contributed by atoms with Crippen molar-refractivity contribution in [1.82, 2.24) is 15.2 Å². The number of hydrogen-bond acceptors (Lipinski definition) is 5. The highest BCUT2D eigenvalue weighted by Gasteiger charge is 2.10. The molecule has 2 aromatic carbocycles. The molecule has 0 saturated carbocycles. The molecule has 0 spiro atoms. The van der Waals surface area contributed by atoms with Gasteiger partial charge in [-0.15, -0.1) is 5.10 Å². The number of nitrogens with one attached hydrogen (secondary N) is 2. The Morgan fingerprint density at radius 3 is 2.46 bits per heavy atom. The topological polar surface area (TPSA) is 62.7 Å². The Balaban J connectivity index is 1.86. The maximum Gasteiger partial charge on any atom is 0.249 e. The Kier molecular flexibility index (Phi) is 4.70. The van der Waals surface area contributed by atoms with Gasteiger partial charge in [-0.05, 0) is 36.1 Å². The van der Waals surface area contributed by atoms with Crippen molar-refractivity contribution >= 4 is 23.1 Å². The third kappa shape index (κ3) is 3.68. The summed E-state index contributed by atoms with van der Waals surface area (Å²) < 4.78 is 0. The van der Waals surface area contributed by atoms with Gasteiger partial charge < -0.3 is 10.6 Å². The quantitative estimate of drug-likeness (QED) is 0.708. The summed E-state index contributed by atoms with van der Waals surface area (Å²) in [5, 5.41) is 14.6. The predicted molar refractivity (Wildman–Crippen MR) is 98.1 cm³/mol. The van der Waals surface area contributed by atoms with Gasteiger partial charge in [0.15, 0.2) is 5.82 Å². The highest BCUT2D eigenvalue weighted by molar-refractivity contribution is 5.66. The lowest BCUT2D eigenvalue weighted by Crippen LogP contribution is -2.05. The van der Waals surface area contributed by atoms with E-state index in [-0.39, 0.29) is 0 Å². The average molecular weight is 319 g/mol. The van der Waals surface area contributed by atoms with E-state index in [1.54, 1.807) is 6.20 Å². The fourth-order valence-corrected chi connectivity index (χ4v) is 2.54. The van der Waals surface area contributed by atoms with Gasteiger partial charge in [-0.1, -0.05) is 50.2 Å². The van der Waals surface area contributed by atoms with Gasteiger partial charge in [0.1, 0.15) is 0 Å². The molecule has 0 aliphatic heterocycles. The van der Waals surface area contributed by atoms with E-state index in [1.165, 1.54) is 11.1 Å². The van der Waals surface area contributed by atoms with Crippen molar-refractivity contribution in [2.45, 2.75) is 26.7 Å². The normalized spacial score (nSPS) is 10.7. The zero-order valence-electron chi connectivity index (χ0n) is 14.1. The molecule has 24 heavy (non-hydrogen) atoms. The second-order valence-electron chi connectivity index (χ2n) is 5.98. The van der Waals surface area contributed by atoms with Crippen LogP contribution in [-0.4, -0.2) is 15.2 Å². The SMILES string of the molecule is Cc1cccc(C(C)C)c1Nc1cnnc(Nc2ccccc2)n1. The van der Waals surface area contributed by atoms with Crippen LogP contribution in [0.1, 0.15) is 30.9 Å². The minimum absolute atomic E-state index is 0.420. The summed E-state index contributed by atoms with van der Waals surface area (Å²) in [6, 6.07) is 16.1. The molecule has 0 radical (unpaired) electrons. The van der Waals surface area contributed by atoms with Crippen LogP contribution in [-0.2, 0) is 0 Å². The van der Waals surface area contributed by atoms with Gasteiger partial charge in [0.25, 0.3) is 0 Å². The molecule has 1 aromatic heterocycles. The molecule has 0 saturated heterocycles. The molecule has 3 aromatic rings. The molecule has 0 bridgehead atoms. The summed E-state index contributed by atoms with van der Waals surface area (Å²) in [5.41, 5.74) is 4.44. The molecule has 1 heterocycles. The van der Waals surface area contributed by atoms with Crippen LogP contribution in [0.3, 0.4) is 0 Å². The largest absolute Gasteiger partial charge is 0.338 e. The summed E-state index contributed by atoms with van der Waals surface area (Å²) >= 11 is 0. The first kappa shape index (κ1) is 15.9. The molecule has 3 rings (SSSR count). The maximum atomic E-state index is 4.51. The maximum absolute atomic E-state index is 4.51. The summed E-state index contributed by atoms with van der Waals surface area (Å²) in [6.07, 6.45) is 1.63.